The Morgan fingerprint density at radius 1 is 1.08 bits per heavy atom. The van der Waals surface area contributed by atoms with Gasteiger partial charge in [-0.15, -0.1) is 0 Å². The normalized spacial score (nSPS) is 25.4. The van der Waals surface area contributed by atoms with E-state index in [4.69, 9.17) is 15.0 Å². The Bertz CT molecular complexity index is 1390. The van der Waals surface area contributed by atoms with Gasteiger partial charge in [0.2, 0.25) is 11.9 Å². The van der Waals surface area contributed by atoms with Crippen molar-refractivity contribution in [2.45, 2.75) is 76.2 Å². The molecule has 0 aliphatic carbocycles. The van der Waals surface area contributed by atoms with Crippen molar-refractivity contribution >= 4 is 34.4 Å². The summed E-state index contributed by atoms with van der Waals surface area (Å²) in [6.07, 6.45) is 7.56. The highest BCUT2D eigenvalue weighted by Gasteiger charge is 2.41. The molecule has 7 rings (SSSR count). The quantitative estimate of drug-likeness (QED) is 0.531. The Balaban J connectivity index is 1.15. The van der Waals surface area contributed by atoms with Gasteiger partial charge in [-0.25, -0.2) is 19.9 Å². The molecule has 0 radical (unpaired) electrons. The number of likely N-dealkylation sites (N-methyl/N-ethyl adjacent to an activating group) is 1. The maximum atomic E-state index is 12.9. The van der Waals surface area contributed by atoms with E-state index in [0.29, 0.717) is 42.6 Å². The van der Waals surface area contributed by atoms with Gasteiger partial charge in [-0.3, -0.25) is 9.69 Å². The number of aliphatic hydroxyl groups excluding tert-OH is 1. The van der Waals surface area contributed by atoms with E-state index >= 15 is 0 Å². The van der Waals surface area contributed by atoms with Gasteiger partial charge in [0, 0.05) is 55.4 Å². The first kappa shape index (κ1) is 23.7. The van der Waals surface area contributed by atoms with Crippen LogP contribution in [0.5, 0.6) is 0 Å². The number of nitrogens with zero attached hydrogens (tertiary/aromatic N) is 7. The fraction of sp³-hybridized carbons (Fsp3) is 0.536. The van der Waals surface area contributed by atoms with Gasteiger partial charge < -0.3 is 20.2 Å². The van der Waals surface area contributed by atoms with Gasteiger partial charge in [0.25, 0.3) is 0 Å². The summed E-state index contributed by atoms with van der Waals surface area (Å²) in [5, 5.41) is 14.5. The molecular weight excluding hydrogens is 480 g/mol. The van der Waals surface area contributed by atoms with E-state index in [-0.39, 0.29) is 11.9 Å². The van der Waals surface area contributed by atoms with Gasteiger partial charge in [-0.05, 0) is 63.8 Å². The zero-order valence-electron chi connectivity index (χ0n) is 22.0. The maximum Gasteiger partial charge on any atom is 0.240 e. The number of hydrogen-bond acceptors (Lipinski definition) is 9. The van der Waals surface area contributed by atoms with E-state index in [1.54, 1.807) is 13.1 Å². The molecule has 10 nitrogen and oxygen atoms in total. The number of aromatic nitrogens is 4. The number of likely N-dealkylation sites (tertiary alicyclic amines) is 1. The molecule has 38 heavy (non-hydrogen) atoms. The summed E-state index contributed by atoms with van der Waals surface area (Å²) in [5.74, 6) is 2.25. The fourth-order valence-electron chi connectivity index (χ4n) is 6.58. The molecule has 2 atom stereocenters. The third-order valence-electron chi connectivity index (χ3n) is 8.86. The summed E-state index contributed by atoms with van der Waals surface area (Å²) in [6, 6.07) is 6.89. The van der Waals surface area contributed by atoms with Crippen LogP contribution in [0.3, 0.4) is 0 Å². The third kappa shape index (κ3) is 3.97. The first-order valence-corrected chi connectivity index (χ1v) is 13.8. The number of rotatable bonds is 5. The van der Waals surface area contributed by atoms with Crippen LogP contribution in [-0.2, 0) is 17.8 Å². The van der Waals surface area contributed by atoms with Crippen LogP contribution in [0.2, 0.25) is 0 Å². The lowest BCUT2D eigenvalue weighted by Crippen LogP contribution is -2.55. The minimum Gasteiger partial charge on any atom is -0.387 e. The average molecular weight is 515 g/mol. The molecule has 4 aliphatic heterocycles. The van der Waals surface area contributed by atoms with Crippen molar-refractivity contribution in [2.24, 2.45) is 0 Å². The predicted molar refractivity (Wildman–Crippen MR) is 144 cm³/mol. The Hall–Kier alpha value is -3.37. The lowest BCUT2D eigenvalue weighted by Gasteiger charge is -2.40. The molecule has 3 saturated heterocycles. The molecular formula is C28H34N8O2. The average Bonchev–Trinajstić information content (AvgIpc) is 3.51. The molecule has 4 aliphatic rings. The lowest BCUT2D eigenvalue weighted by molar-refractivity contribution is -0.141. The first-order chi connectivity index (χ1) is 18.4. The largest absolute Gasteiger partial charge is 0.387 e. The number of aliphatic hydroxyl groups is 1. The minimum absolute atomic E-state index is 0.0299. The number of hydrogen-bond donors (Lipinski definition) is 2. The number of carbonyl (C=O) groups excluding carboxylic acids is 1. The zero-order valence-corrected chi connectivity index (χ0v) is 22.0. The molecule has 0 spiro atoms. The van der Waals surface area contributed by atoms with Gasteiger partial charge in [0.15, 0.2) is 5.82 Å². The monoisotopic (exact) mass is 514 g/mol. The Labute approximate surface area is 222 Å². The van der Waals surface area contributed by atoms with Crippen molar-refractivity contribution < 1.29 is 9.90 Å². The Morgan fingerprint density at radius 3 is 2.55 bits per heavy atom. The van der Waals surface area contributed by atoms with Gasteiger partial charge >= 0.3 is 0 Å². The minimum atomic E-state index is -0.656. The molecule has 3 fully saturated rings. The number of anilines is 3. The molecule has 7 heterocycles. The van der Waals surface area contributed by atoms with Crippen LogP contribution in [0.4, 0.5) is 17.6 Å². The summed E-state index contributed by atoms with van der Waals surface area (Å²) in [5.41, 5.74) is 3.56. The van der Waals surface area contributed by atoms with Crippen molar-refractivity contribution in [3.05, 3.63) is 41.3 Å². The van der Waals surface area contributed by atoms with E-state index in [0.717, 1.165) is 47.4 Å². The van der Waals surface area contributed by atoms with Crippen LogP contribution >= 0.6 is 0 Å². The summed E-state index contributed by atoms with van der Waals surface area (Å²) in [6.45, 7) is 4.04. The van der Waals surface area contributed by atoms with E-state index in [2.05, 4.69) is 26.2 Å². The van der Waals surface area contributed by atoms with Gasteiger partial charge in [0.05, 0.1) is 17.8 Å². The number of amides is 1. The first-order valence-electron chi connectivity index (χ1n) is 13.8. The molecule has 0 unspecified atom stereocenters. The highest BCUT2D eigenvalue weighted by atomic mass is 16.3. The SMILES string of the molecule is C[C@@H](O)c1cc2cnc(Nc3ccc4c(n3)CCN(C(=O)[C@@H]3CCN3C)C4)nc2c(N2C3CCC2CC3)n1. The van der Waals surface area contributed by atoms with Crippen LogP contribution < -0.4 is 10.2 Å². The van der Waals surface area contributed by atoms with Gasteiger partial charge in [0.1, 0.15) is 11.3 Å². The van der Waals surface area contributed by atoms with Crippen LogP contribution in [0.15, 0.2) is 24.4 Å². The van der Waals surface area contributed by atoms with Gasteiger partial charge in [-0.1, -0.05) is 6.07 Å². The van der Waals surface area contributed by atoms with Crippen molar-refractivity contribution in [1.82, 2.24) is 29.7 Å². The Morgan fingerprint density at radius 2 is 1.87 bits per heavy atom. The summed E-state index contributed by atoms with van der Waals surface area (Å²) >= 11 is 0. The number of pyridine rings is 2. The smallest absolute Gasteiger partial charge is 0.240 e. The molecule has 1 amide bonds. The topological polar surface area (TPSA) is 111 Å². The number of carbonyl (C=O) groups is 1. The highest BCUT2D eigenvalue weighted by Crippen LogP contribution is 2.42. The van der Waals surface area contributed by atoms with E-state index in [1.807, 2.05) is 24.1 Å². The summed E-state index contributed by atoms with van der Waals surface area (Å²) in [4.78, 5) is 38.6. The third-order valence-corrected chi connectivity index (χ3v) is 8.86. The van der Waals surface area contributed by atoms with E-state index in [1.165, 1.54) is 25.7 Å². The van der Waals surface area contributed by atoms with E-state index < -0.39 is 6.10 Å². The van der Waals surface area contributed by atoms with E-state index in [9.17, 15) is 9.90 Å². The molecule has 0 aromatic carbocycles. The standard InChI is InChI=1S/C28H34N8O2/c1-16(37)22-13-18-14-29-28(33-25(18)26(31-22)36-19-4-5-20(36)7-6-19)32-24-8-3-17-15-35(12-9-21(17)30-24)27(38)23-10-11-34(23)2/h3,8,13-14,16,19-20,23,37H,4-7,9-12,15H2,1-2H3,(H,29,30,32,33)/t16-,19?,20?,23+/m1/s1. The molecule has 10 heteroatoms. The highest BCUT2D eigenvalue weighted by molar-refractivity contribution is 5.90. The maximum absolute atomic E-state index is 12.9. The second-order valence-electron chi connectivity index (χ2n) is 11.3. The van der Waals surface area contributed by atoms with Crippen molar-refractivity contribution in [3.8, 4) is 0 Å². The molecule has 0 saturated carbocycles. The second kappa shape index (κ2) is 9.13. The molecule has 198 valence electrons. The van der Waals surface area contributed by atoms with Crippen LogP contribution in [-0.4, -0.2) is 79.0 Å². The van der Waals surface area contributed by atoms with Crippen LogP contribution in [0, 0.1) is 0 Å². The zero-order chi connectivity index (χ0) is 26.0. The number of fused-ring (bicyclic) bond motifs is 4. The molecule has 3 aromatic rings. The molecule has 3 aromatic heterocycles. The molecule has 2 N–H and O–H groups in total. The predicted octanol–water partition coefficient (Wildman–Crippen LogP) is 2.94. The van der Waals surface area contributed by atoms with Crippen LogP contribution in [0.1, 0.15) is 62.1 Å². The summed E-state index contributed by atoms with van der Waals surface area (Å²) in [7, 11) is 2.01. The lowest BCUT2D eigenvalue weighted by atomic mass is 10.00. The Kier molecular flexibility index (Phi) is 5.70. The van der Waals surface area contributed by atoms with Crippen molar-refractivity contribution in [2.75, 3.05) is 30.4 Å². The van der Waals surface area contributed by atoms with Crippen molar-refractivity contribution in [3.63, 3.8) is 0 Å². The fourth-order valence-corrected chi connectivity index (χ4v) is 6.58. The van der Waals surface area contributed by atoms with Crippen LogP contribution in [0.25, 0.3) is 10.9 Å². The second-order valence-corrected chi connectivity index (χ2v) is 11.3. The van der Waals surface area contributed by atoms with Crippen molar-refractivity contribution in [1.29, 1.82) is 0 Å². The summed E-state index contributed by atoms with van der Waals surface area (Å²) < 4.78 is 0. The molecule has 2 bridgehead atoms. The van der Waals surface area contributed by atoms with Gasteiger partial charge in [-0.2, -0.15) is 0 Å². The number of nitrogens with one attached hydrogen (secondary N) is 1.